The first-order valence-electron chi connectivity index (χ1n) is 10.3. The lowest BCUT2D eigenvalue weighted by Crippen LogP contribution is -2.49. The van der Waals surface area contributed by atoms with Gasteiger partial charge in [0, 0.05) is 29.9 Å². The van der Waals surface area contributed by atoms with Gasteiger partial charge in [-0.3, -0.25) is 9.59 Å². The van der Waals surface area contributed by atoms with Crippen LogP contribution in [-0.2, 0) is 0 Å². The Bertz CT molecular complexity index is 1130. The molecule has 4 N–H and O–H groups in total. The molecule has 4 heterocycles. The molecule has 2 aliphatic heterocycles. The zero-order chi connectivity index (χ0) is 20.8. The molecule has 1 unspecified atom stereocenters. The van der Waals surface area contributed by atoms with Crippen LogP contribution in [0.15, 0.2) is 36.8 Å². The van der Waals surface area contributed by atoms with Crippen molar-refractivity contribution in [3.63, 3.8) is 0 Å². The lowest BCUT2D eigenvalue weighted by atomic mass is 9.95. The summed E-state index contributed by atoms with van der Waals surface area (Å²) < 4.78 is 0. The average Bonchev–Trinajstić information content (AvgIpc) is 3.30. The van der Waals surface area contributed by atoms with Gasteiger partial charge in [0.1, 0.15) is 5.52 Å². The van der Waals surface area contributed by atoms with E-state index in [1.807, 2.05) is 31.2 Å². The first kappa shape index (κ1) is 18.6. The molecule has 30 heavy (non-hydrogen) atoms. The van der Waals surface area contributed by atoms with Crippen molar-refractivity contribution in [3.05, 3.63) is 53.5 Å². The van der Waals surface area contributed by atoms with E-state index in [-0.39, 0.29) is 24.0 Å². The fourth-order valence-electron chi connectivity index (χ4n) is 4.99. The number of aromatic nitrogens is 3. The molecule has 2 bridgehead atoms. The molecule has 5 rings (SSSR count). The summed E-state index contributed by atoms with van der Waals surface area (Å²) in [5, 5.41) is 3.52. The summed E-state index contributed by atoms with van der Waals surface area (Å²) in [6.07, 6.45) is 6.67. The second-order valence-corrected chi connectivity index (χ2v) is 8.29. The van der Waals surface area contributed by atoms with E-state index in [2.05, 4.69) is 25.2 Å². The zero-order valence-corrected chi connectivity index (χ0v) is 16.8. The van der Waals surface area contributed by atoms with Crippen molar-refractivity contribution in [3.8, 4) is 0 Å². The molecule has 3 atom stereocenters. The molecule has 0 aliphatic carbocycles. The van der Waals surface area contributed by atoms with E-state index in [0.717, 1.165) is 36.8 Å². The molecule has 3 aromatic rings. The van der Waals surface area contributed by atoms with Gasteiger partial charge in [-0.2, -0.15) is 0 Å². The van der Waals surface area contributed by atoms with Crippen molar-refractivity contribution in [1.29, 1.82) is 0 Å². The molecule has 2 aliphatic rings. The average molecular weight is 404 g/mol. The molecule has 2 aromatic heterocycles. The van der Waals surface area contributed by atoms with Crippen LogP contribution in [0.25, 0.3) is 11.2 Å². The third-order valence-corrected chi connectivity index (χ3v) is 6.30. The minimum Gasteiger partial charge on any atom is -0.380 e. The summed E-state index contributed by atoms with van der Waals surface area (Å²) in [6.45, 7) is 2.00. The Morgan fingerprint density at radius 2 is 1.97 bits per heavy atom. The number of rotatable bonds is 4. The Hall–Kier alpha value is -3.42. The lowest BCUT2D eigenvalue weighted by Gasteiger charge is -2.39. The zero-order valence-electron chi connectivity index (χ0n) is 16.8. The predicted molar refractivity (Wildman–Crippen MR) is 113 cm³/mol. The maximum Gasteiger partial charge on any atom is 0.254 e. The van der Waals surface area contributed by atoms with Crippen molar-refractivity contribution in [2.75, 3.05) is 5.32 Å². The molecule has 8 heteroatoms. The Labute approximate surface area is 173 Å². The number of piperidine rings is 1. The molecule has 0 saturated carbocycles. The van der Waals surface area contributed by atoms with Crippen molar-refractivity contribution in [1.82, 2.24) is 19.9 Å². The third kappa shape index (κ3) is 3.08. The highest BCUT2D eigenvalue weighted by atomic mass is 16.2. The number of hydrogen-bond acceptors (Lipinski definition) is 5. The van der Waals surface area contributed by atoms with Crippen LogP contribution in [-0.4, -0.2) is 49.8 Å². The van der Waals surface area contributed by atoms with E-state index >= 15 is 0 Å². The fraction of sp³-hybridized carbons (Fsp3) is 0.364. The van der Waals surface area contributed by atoms with Gasteiger partial charge in [-0.15, -0.1) is 0 Å². The molecule has 2 saturated heterocycles. The van der Waals surface area contributed by atoms with Crippen LogP contribution >= 0.6 is 0 Å². The van der Waals surface area contributed by atoms with Gasteiger partial charge in [-0.25, -0.2) is 9.97 Å². The van der Waals surface area contributed by atoms with Crippen LogP contribution in [0.3, 0.4) is 0 Å². The van der Waals surface area contributed by atoms with E-state index in [4.69, 9.17) is 5.73 Å². The summed E-state index contributed by atoms with van der Waals surface area (Å²) in [6, 6.07) is 8.29. The number of aromatic amines is 1. The SMILES string of the molecule is Cc1cccc(C(=O)N2[C@@H]3CC[C@H]2CC(Nc2c(C(N)=O)cnc4nc[nH]c24)C3)c1. The number of pyridine rings is 1. The lowest BCUT2D eigenvalue weighted by molar-refractivity contribution is 0.0583. The number of aryl methyl sites for hydroxylation is 1. The van der Waals surface area contributed by atoms with Crippen molar-refractivity contribution in [2.45, 2.75) is 50.7 Å². The second kappa shape index (κ2) is 7.12. The summed E-state index contributed by atoms with van der Waals surface area (Å²) >= 11 is 0. The quantitative estimate of drug-likeness (QED) is 0.618. The maximum atomic E-state index is 13.2. The number of anilines is 1. The molecular weight excluding hydrogens is 380 g/mol. The highest BCUT2D eigenvalue weighted by Crippen LogP contribution is 2.38. The van der Waals surface area contributed by atoms with Gasteiger partial charge in [0.15, 0.2) is 5.65 Å². The van der Waals surface area contributed by atoms with Crippen molar-refractivity contribution >= 4 is 28.7 Å². The molecule has 2 fully saturated rings. The van der Waals surface area contributed by atoms with Crippen LogP contribution in [0, 0.1) is 6.92 Å². The molecule has 0 radical (unpaired) electrons. The minimum absolute atomic E-state index is 0.113. The van der Waals surface area contributed by atoms with E-state index in [1.165, 1.54) is 6.20 Å². The van der Waals surface area contributed by atoms with Gasteiger partial charge in [-0.05, 0) is 44.7 Å². The number of fused-ring (bicyclic) bond motifs is 3. The molecule has 1 aromatic carbocycles. The van der Waals surface area contributed by atoms with E-state index in [9.17, 15) is 9.59 Å². The molecule has 2 amide bonds. The predicted octanol–water partition coefficient (Wildman–Crippen LogP) is 2.61. The van der Waals surface area contributed by atoms with Gasteiger partial charge in [0.25, 0.3) is 11.8 Å². The standard InChI is InChI=1S/C22H24N6O2/c1-12-3-2-4-13(7-12)22(30)28-15-5-6-16(28)9-14(8-15)27-18-17(20(23)29)10-24-21-19(18)25-11-26-21/h2-4,7,10-11,14-16H,5-6,8-9H2,1H3,(H2,23,29)(H2,24,25,26,27)/t14?,15-,16+. The number of benzene rings is 1. The largest absolute Gasteiger partial charge is 0.380 e. The number of nitrogens with one attached hydrogen (secondary N) is 2. The summed E-state index contributed by atoms with van der Waals surface area (Å²) in [4.78, 5) is 38.6. The fourth-order valence-corrected chi connectivity index (χ4v) is 4.99. The Kier molecular flexibility index (Phi) is 4.42. The summed E-state index contributed by atoms with van der Waals surface area (Å²) in [7, 11) is 0. The topological polar surface area (TPSA) is 117 Å². The number of carbonyl (C=O) groups excluding carboxylic acids is 2. The number of nitrogens with two attached hydrogens (primary N) is 1. The van der Waals surface area contributed by atoms with Crippen molar-refractivity contribution < 1.29 is 9.59 Å². The first-order chi connectivity index (χ1) is 14.5. The number of nitrogens with zero attached hydrogens (tertiary/aromatic N) is 3. The van der Waals surface area contributed by atoms with Gasteiger partial charge < -0.3 is 20.9 Å². The van der Waals surface area contributed by atoms with E-state index < -0.39 is 5.91 Å². The van der Waals surface area contributed by atoms with Crippen LogP contribution < -0.4 is 11.1 Å². The number of amides is 2. The Balaban J connectivity index is 1.39. The van der Waals surface area contributed by atoms with Crippen molar-refractivity contribution in [2.24, 2.45) is 5.73 Å². The number of carbonyl (C=O) groups is 2. The van der Waals surface area contributed by atoms with E-state index in [1.54, 1.807) is 6.33 Å². The Morgan fingerprint density at radius 1 is 1.20 bits per heavy atom. The third-order valence-electron chi connectivity index (χ3n) is 6.30. The van der Waals surface area contributed by atoms with Gasteiger partial charge in [0.2, 0.25) is 0 Å². The second-order valence-electron chi connectivity index (χ2n) is 8.29. The highest BCUT2D eigenvalue weighted by Gasteiger charge is 2.43. The Morgan fingerprint density at radius 3 is 2.67 bits per heavy atom. The number of primary amides is 1. The van der Waals surface area contributed by atoms with E-state index in [0.29, 0.717) is 22.4 Å². The van der Waals surface area contributed by atoms with Crippen LogP contribution in [0.1, 0.15) is 52.0 Å². The number of imidazole rings is 1. The molecule has 8 nitrogen and oxygen atoms in total. The first-order valence-corrected chi connectivity index (χ1v) is 10.3. The van der Waals surface area contributed by atoms with Gasteiger partial charge >= 0.3 is 0 Å². The number of hydrogen-bond donors (Lipinski definition) is 3. The van der Waals surface area contributed by atoms with Gasteiger partial charge in [0.05, 0.1) is 17.6 Å². The summed E-state index contributed by atoms with van der Waals surface area (Å²) in [5.41, 5.74) is 9.63. The molecular formula is C22H24N6O2. The van der Waals surface area contributed by atoms with Crippen LogP contribution in [0.5, 0.6) is 0 Å². The highest BCUT2D eigenvalue weighted by molar-refractivity contribution is 6.04. The normalized spacial score (nSPS) is 23.0. The van der Waals surface area contributed by atoms with Crippen LogP contribution in [0.2, 0.25) is 0 Å². The summed E-state index contributed by atoms with van der Waals surface area (Å²) in [5.74, 6) is -0.418. The maximum absolute atomic E-state index is 13.2. The van der Waals surface area contributed by atoms with Gasteiger partial charge in [-0.1, -0.05) is 17.7 Å². The molecule has 0 spiro atoms. The number of H-pyrrole nitrogens is 1. The smallest absolute Gasteiger partial charge is 0.254 e. The minimum atomic E-state index is -0.531. The molecule has 154 valence electrons. The monoisotopic (exact) mass is 404 g/mol. The van der Waals surface area contributed by atoms with Crippen LogP contribution in [0.4, 0.5) is 5.69 Å².